The van der Waals surface area contributed by atoms with Crippen LogP contribution in [0.5, 0.6) is 5.75 Å². The second-order valence-corrected chi connectivity index (χ2v) is 5.16. The van der Waals surface area contributed by atoms with Crippen molar-refractivity contribution in [2.45, 2.75) is 26.4 Å². The van der Waals surface area contributed by atoms with E-state index >= 15 is 0 Å². The lowest BCUT2D eigenvalue weighted by Crippen LogP contribution is -2.01. The summed E-state index contributed by atoms with van der Waals surface area (Å²) < 4.78 is 18.9. The van der Waals surface area contributed by atoms with E-state index in [0.717, 1.165) is 17.9 Å². The van der Waals surface area contributed by atoms with Crippen LogP contribution < -0.4 is 4.74 Å². The van der Waals surface area contributed by atoms with Gasteiger partial charge in [-0.15, -0.1) is 0 Å². The van der Waals surface area contributed by atoms with Crippen LogP contribution in [0.1, 0.15) is 31.9 Å². The molecule has 0 saturated carbocycles. The van der Waals surface area contributed by atoms with E-state index in [1.807, 2.05) is 11.8 Å². The molecule has 0 aliphatic heterocycles. The van der Waals surface area contributed by atoms with Crippen molar-refractivity contribution in [1.82, 2.24) is 0 Å². The molecule has 0 spiro atoms. The van der Waals surface area contributed by atoms with Gasteiger partial charge in [0.2, 0.25) is 0 Å². The topological polar surface area (TPSA) is 29.5 Å². The van der Waals surface area contributed by atoms with Crippen molar-refractivity contribution in [3.63, 3.8) is 0 Å². The normalized spacial score (nSPS) is 12.5. The zero-order chi connectivity index (χ0) is 12.7. The SMILES string of the molecule is CCSCCCOc1ccc([C@H](C)O)cc1F. The van der Waals surface area contributed by atoms with Gasteiger partial charge in [-0.2, -0.15) is 11.8 Å². The Bertz CT molecular complexity index is 342. The molecule has 0 aliphatic rings. The standard InChI is InChI=1S/C13H19FO2S/c1-3-17-8-4-7-16-13-6-5-11(10(2)15)9-12(13)14/h5-6,9-10,15H,3-4,7-8H2,1-2H3/t10-/m0/s1. The third-order valence-corrected chi connectivity index (χ3v) is 3.32. The highest BCUT2D eigenvalue weighted by molar-refractivity contribution is 7.99. The Morgan fingerprint density at radius 3 is 2.82 bits per heavy atom. The van der Waals surface area contributed by atoms with E-state index in [-0.39, 0.29) is 5.75 Å². The quantitative estimate of drug-likeness (QED) is 0.760. The van der Waals surface area contributed by atoms with E-state index in [1.165, 1.54) is 6.07 Å². The molecule has 2 nitrogen and oxygen atoms in total. The summed E-state index contributed by atoms with van der Waals surface area (Å²) >= 11 is 1.85. The Balaban J connectivity index is 2.43. The minimum Gasteiger partial charge on any atom is -0.490 e. The monoisotopic (exact) mass is 258 g/mol. The summed E-state index contributed by atoms with van der Waals surface area (Å²) in [6.45, 7) is 4.25. The van der Waals surface area contributed by atoms with Crippen LogP contribution in [-0.2, 0) is 0 Å². The number of halogens is 1. The van der Waals surface area contributed by atoms with Crippen molar-refractivity contribution in [2.24, 2.45) is 0 Å². The van der Waals surface area contributed by atoms with E-state index in [1.54, 1.807) is 19.1 Å². The Kier molecular flexibility index (Phi) is 6.37. The maximum absolute atomic E-state index is 13.5. The minimum absolute atomic E-state index is 0.260. The molecule has 0 aliphatic carbocycles. The molecule has 0 heterocycles. The first-order valence-electron chi connectivity index (χ1n) is 5.83. The largest absolute Gasteiger partial charge is 0.490 e. The Hall–Kier alpha value is -0.740. The summed E-state index contributed by atoms with van der Waals surface area (Å²) in [5.74, 6) is 1.98. The van der Waals surface area contributed by atoms with Gasteiger partial charge in [0.25, 0.3) is 0 Å². The van der Waals surface area contributed by atoms with E-state index in [2.05, 4.69) is 6.92 Å². The van der Waals surface area contributed by atoms with Crippen molar-refractivity contribution >= 4 is 11.8 Å². The van der Waals surface area contributed by atoms with Gasteiger partial charge in [0.15, 0.2) is 11.6 Å². The van der Waals surface area contributed by atoms with Gasteiger partial charge >= 0.3 is 0 Å². The van der Waals surface area contributed by atoms with Crippen LogP contribution in [0.4, 0.5) is 4.39 Å². The van der Waals surface area contributed by atoms with Crippen LogP contribution in [0.2, 0.25) is 0 Å². The van der Waals surface area contributed by atoms with Gasteiger partial charge in [0, 0.05) is 0 Å². The summed E-state index contributed by atoms with van der Waals surface area (Å²) in [5, 5.41) is 9.30. The molecule has 1 atom stereocenters. The molecule has 0 amide bonds. The van der Waals surface area contributed by atoms with E-state index in [0.29, 0.717) is 12.2 Å². The van der Waals surface area contributed by atoms with Crippen molar-refractivity contribution < 1.29 is 14.2 Å². The summed E-state index contributed by atoms with van der Waals surface area (Å²) in [7, 11) is 0. The minimum atomic E-state index is -0.653. The van der Waals surface area contributed by atoms with Crippen LogP contribution in [0.15, 0.2) is 18.2 Å². The summed E-state index contributed by atoms with van der Waals surface area (Å²) in [6.07, 6.45) is 0.260. The fourth-order valence-electron chi connectivity index (χ4n) is 1.38. The first-order chi connectivity index (χ1) is 8.15. The number of hydrogen-bond donors (Lipinski definition) is 1. The third-order valence-electron chi connectivity index (χ3n) is 2.33. The predicted octanol–water partition coefficient (Wildman–Crippen LogP) is 3.40. The molecule has 0 unspecified atom stereocenters. The Morgan fingerprint density at radius 2 is 2.24 bits per heavy atom. The molecule has 1 aromatic carbocycles. The van der Waals surface area contributed by atoms with Crippen LogP contribution in [-0.4, -0.2) is 23.2 Å². The lowest BCUT2D eigenvalue weighted by molar-refractivity contribution is 0.198. The van der Waals surface area contributed by atoms with Crippen molar-refractivity contribution in [1.29, 1.82) is 0 Å². The Labute approximate surface area is 106 Å². The molecule has 4 heteroatoms. The van der Waals surface area contributed by atoms with Crippen LogP contribution >= 0.6 is 11.8 Å². The highest BCUT2D eigenvalue weighted by Gasteiger charge is 2.07. The van der Waals surface area contributed by atoms with E-state index < -0.39 is 11.9 Å². The molecule has 0 radical (unpaired) electrons. The molecule has 0 bridgehead atoms. The second-order valence-electron chi connectivity index (χ2n) is 3.76. The van der Waals surface area contributed by atoms with Crippen molar-refractivity contribution in [3.8, 4) is 5.75 Å². The van der Waals surface area contributed by atoms with Gasteiger partial charge in [0.1, 0.15) is 0 Å². The molecule has 96 valence electrons. The fraction of sp³-hybridized carbons (Fsp3) is 0.538. The van der Waals surface area contributed by atoms with Gasteiger partial charge < -0.3 is 9.84 Å². The number of aliphatic hydroxyl groups excluding tert-OH is 1. The van der Waals surface area contributed by atoms with Crippen molar-refractivity contribution in [2.75, 3.05) is 18.1 Å². The van der Waals surface area contributed by atoms with Crippen LogP contribution in [0.25, 0.3) is 0 Å². The average molecular weight is 258 g/mol. The zero-order valence-electron chi connectivity index (χ0n) is 10.3. The van der Waals surface area contributed by atoms with Crippen LogP contribution in [0, 0.1) is 5.82 Å². The first kappa shape index (κ1) is 14.3. The highest BCUT2D eigenvalue weighted by atomic mass is 32.2. The number of ether oxygens (including phenoxy) is 1. The fourth-order valence-corrected chi connectivity index (χ4v) is 1.99. The van der Waals surface area contributed by atoms with Gasteiger partial charge in [-0.3, -0.25) is 0 Å². The highest BCUT2D eigenvalue weighted by Crippen LogP contribution is 2.22. The summed E-state index contributed by atoms with van der Waals surface area (Å²) in [6, 6.07) is 4.58. The number of benzene rings is 1. The zero-order valence-corrected chi connectivity index (χ0v) is 11.1. The van der Waals surface area contributed by atoms with Gasteiger partial charge in [-0.25, -0.2) is 4.39 Å². The number of aliphatic hydroxyl groups is 1. The maximum Gasteiger partial charge on any atom is 0.165 e. The van der Waals surface area contributed by atoms with Crippen molar-refractivity contribution in [3.05, 3.63) is 29.6 Å². The molecule has 1 N–H and O–H groups in total. The lowest BCUT2D eigenvalue weighted by Gasteiger charge is -2.09. The number of thioether (sulfide) groups is 1. The molecule has 0 aromatic heterocycles. The second kappa shape index (κ2) is 7.56. The Morgan fingerprint density at radius 1 is 1.47 bits per heavy atom. The number of hydrogen-bond acceptors (Lipinski definition) is 3. The van der Waals surface area contributed by atoms with Gasteiger partial charge in [0.05, 0.1) is 12.7 Å². The molecule has 17 heavy (non-hydrogen) atoms. The smallest absolute Gasteiger partial charge is 0.165 e. The average Bonchev–Trinajstić information content (AvgIpc) is 2.30. The molecule has 1 rings (SSSR count). The number of rotatable bonds is 7. The first-order valence-corrected chi connectivity index (χ1v) is 6.98. The van der Waals surface area contributed by atoms with E-state index in [9.17, 15) is 9.50 Å². The predicted molar refractivity (Wildman–Crippen MR) is 70.1 cm³/mol. The lowest BCUT2D eigenvalue weighted by atomic mass is 10.1. The summed E-state index contributed by atoms with van der Waals surface area (Å²) in [4.78, 5) is 0. The molecular formula is C13H19FO2S. The molecule has 0 fully saturated rings. The molecular weight excluding hydrogens is 239 g/mol. The third kappa shape index (κ3) is 4.96. The summed E-state index contributed by atoms with van der Waals surface area (Å²) in [5.41, 5.74) is 0.566. The van der Waals surface area contributed by atoms with Crippen LogP contribution in [0.3, 0.4) is 0 Å². The molecule has 1 aromatic rings. The maximum atomic E-state index is 13.5. The van der Waals surface area contributed by atoms with E-state index in [4.69, 9.17) is 4.74 Å². The molecule has 0 saturated heterocycles. The van der Waals surface area contributed by atoms with Gasteiger partial charge in [-0.1, -0.05) is 13.0 Å². The van der Waals surface area contributed by atoms with Gasteiger partial charge in [-0.05, 0) is 42.5 Å².